The Morgan fingerprint density at radius 3 is 1.76 bits per heavy atom. The predicted octanol–water partition coefficient (Wildman–Crippen LogP) is 7.43. The Morgan fingerprint density at radius 2 is 1.40 bits per heavy atom. The van der Waals surface area contributed by atoms with E-state index in [2.05, 4.69) is 20.8 Å². The van der Waals surface area contributed by atoms with Crippen molar-refractivity contribution in [2.45, 2.75) is 72.6 Å². The molecule has 4 heteroatoms. The predicted molar refractivity (Wildman–Crippen MR) is 121 cm³/mol. The fraction of sp³-hybridized carbons (Fsp3) is 0.571. The van der Waals surface area contributed by atoms with E-state index in [-0.39, 0.29) is 0 Å². The van der Waals surface area contributed by atoms with Crippen LogP contribution in [0.25, 0.3) is 3.58 Å². The maximum Gasteiger partial charge on any atom is 0.329 e. The molecule has 0 bridgehead atoms. The van der Waals surface area contributed by atoms with Crippen LogP contribution in [0.1, 0.15) is 64.9 Å². The molecule has 1 rings (SSSR count). The Balaban J connectivity index is 0.000000462. The third-order valence-corrected chi connectivity index (χ3v) is 14.0. The van der Waals surface area contributed by atoms with Gasteiger partial charge in [-0.05, 0) is 28.2 Å². The van der Waals surface area contributed by atoms with E-state index in [9.17, 15) is 4.79 Å². The van der Waals surface area contributed by atoms with Crippen LogP contribution in [0, 0.1) is 0 Å². The molecule has 2 nitrogen and oxygen atoms in total. The summed E-state index contributed by atoms with van der Waals surface area (Å²) in [7, 11) is 0. The number of hydrogen-bond donors (Lipinski definition) is 1. The molecule has 0 amide bonds. The minimum atomic E-state index is -0.914. The van der Waals surface area contributed by atoms with Crippen LogP contribution < -0.4 is 0 Å². The van der Waals surface area contributed by atoms with Gasteiger partial charge in [-0.2, -0.15) is 0 Å². The molecule has 0 spiro atoms. The zero-order valence-corrected chi connectivity index (χ0v) is 21.1. The van der Waals surface area contributed by atoms with Crippen LogP contribution in [0.2, 0.25) is 13.3 Å². The second-order valence-electron chi connectivity index (χ2n) is 6.26. The monoisotopic (exact) mass is 565 g/mol. The number of carboxylic acid groups (broad SMARTS) is 1. The summed E-state index contributed by atoms with van der Waals surface area (Å²) in [5.41, 5.74) is 0.931. The molecule has 1 N–H and O–H groups in total. The van der Waals surface area contributed by atoms with Gasteiger partial charge in [0.2, 0.25) is 0 Å². The number of halogens is 1. The molecule has 0 atom stereocenters. The molecule has 25 heavy (non-hydrogen) atoms. The molecule has 0 saturated carbocycles. The summed E-state index contributed by atoms with van der Waals surface area (Å²) in [6.07, 6.45) is 10.0. The van der Waals surface area contributed by atoms with Crippen molar-refractivity contribution in [3.05, 3.63) is 42.0 Å². The maximum absolute atomic E-state index is 10.3. The summed E-state index contributed by atoms with van der Waals surface area (Å²) in [6.45, 7) is 7.00. The third kappa shape index (κ3) is 14.8. The van der Waals surface area contributed by atoms with E-state index in [1.54, 1.807) is 13.3 Å². The van der Waals surface area contributed by atoms with Crippen LogP contribution in [0.4, 0.5) is 0 Å². The molecule has 0 aromatic heterocycles. The summed E-state index contributed by atoms with van der Waals surface area (Å²) in [5.74, 6) is -0.914. The average molecular weight is 564 g/mol. The number of carbonyl (C=O) groups is 1. The van der Waals surface area contributed by atoms with Crippen LogP contribution >= 0.6 is 22.6 Å². The van der Waals surface area contributed by atoms with Crippen LogP contribution in [-0.2, 0) is 4.79 Å². The molecule has 0 fully saturated rings. The summed E-state index contributed by atoms with van der Waals surface area (Å²) < 4.78 is 5.77. The van der Waals surface area contributed by atoms with Gasteiger partial charge in [-0.1, -0.05) is 30.3 Å². The second-order valence-corrected chi connectivity index (χ2v) is 16.0. The van der Waals surface area contributed by atoms with Crippen molar-refractivity contribution in [2.24, 2.45) is 0 Å². The van der Waals surface area contributed by atoms with E-state index in [0.717, 1.165) is 9.14 Å². The molecule has 0 aliphatic heterocycles. The van der Waals surface area contributed by atoms with Crippen LogP contribution in [0.3, 0.4) is 0 Å². The SMILES string of the molecule is CCC[CH2][Sn]([CH2]CCC)[CH2]CCC.O=C(O)/C=C(\I)c1ccccc1. The first-order valence-electron chi connectivity index (χ1n) is 9.54. The molecule has 1 aromatic carbocycles. The molecule has 1 radical (unpaired) electrons. The molecular formula is C21H34IO2Sn. The smallest absolute Gasteiger partial charge is 0.329 e. The number of aliphatic carboxylic acids is 1. The zero-order chi connectivity index (χ0) is 18.9. The summed E-state index contributed by atoms with van der Waals surface area (Å²) >= 11 is 1.16. The van der Waals surface area contributed by atoms with Gasteiger partial charge in [0.1, 0.15) is 0 Å². The van der Waals surface area contributed by atoms with E-state index >= 15 is 0 Å². The van der Waals surface area contributed by atoms with Gasteiger partial charge < -0.3 is 5.11 Å². The minimum absolute atomic E-state index is 0.737. The first-order chi connectivity index (χ1) is 12.0. The Kier molecular flexibility index (Phi) is 17.3. The zero-order valence-electron chi connectivity index (χ0n) is 16.1. The van der Waals surface area contributed by atoms with Gasteiger partial charge in [0.25, 0.3) is 0 Å². The van der Waals surface area contributed by atoms with Gasteiger partial charge >= 0.3 is 98.3 Å². The first kappa shape index (κ1) is 25.0. The van der Waals surface area contributed by atoms with Crippen molar-refractivity contribution in [1.82, 2.24) is 0 Å². The molecule has 0 aliphatic carbocycles. The summed E-state index contributed by atoms with van der Waals surface area (Å²) in [4.78, 5) is 10.3. The van der Waals surface area contributed by atoms with Gasteiger partial charge in [-0.3, -0.25) is 0 Å². The van der Waals surface area contributed by atoms with Crippen molar-refractivity contribution < 1.29 is 9.90 Å². The number of benzene rings is 1. The summed E-state index contributed by atoms with van der Waals surface area (Å²) in [6, 6.07) is 9.41. The van der Waals surface area contributed by atoms with E-state index in [1.165, 1.54) is 44.6 Å². The fourth-order valence-electron chi connectivity index (χ4n) is 2.44. The van der Waals surface area contributed by atoms with Gasteiger partial charge in [-0.25, -0.2) is 4.79 Å². The van der Waals surface area contributed by atoms with Crippen LogP contribution in [0.5, 0.6) is 0 Å². The van der Waals surface area contributed by atoms with Crippen molar-refractivity contribution in [2.75, 3.05) is 0 Å². The Hall–Kier alpha value is -0.0413. The van der Waals surface area contributed by atoms with Gasteiger partial charge in [0.05, 0.1) is 0 Å². The Labute approximate surface area is 175 Å². The van der Waals surface area contributed by atoms with Crippen molar-refractivity contribution in [1.29, 1.82) is 0 Å². The van der Waals surface area contributed by atoms with Crippen LogP contribution in [-0.4, -0.2) is 30.8 Å². The van der Waals surface area contributed by atoms with E-state index in [1.807, 2.05) is 52.9 Å². The Bertz CT molecular complexity index is 455. The van der Waals surface area contributed by atoms with Gasteiger partial charge in [0, 0.05) is 9.66 Å². The number of carboxylic acids is 1. The number of hydrogen-bond acceptors (Lipinski definition) is 1. The molecular weight excluding hydrogens is 530 g/mol. The fourth-order valence-corrected chi connectivity index (χ4v) is 12.5. The average Bonchev–Trinajstić information content (AvgIpc) is 2.62. The molecule has 0 unspecified atom stereocenters. The molecule has 141 valence electrons. The van der Waals surface area contributed by atoms with E-state index < -0.39 is 25.7 Å². The van der Waals surface area contributed by atoms with Crippen molar-refractivity contribution in [3.8, 4) is 0 Å². The van der Waals surface area contributed by atoms with Crippen molar-refractivity contribution in [3.63, 3.8) is 0 Å². The minimum Gasteiger partial charge on any atom is -0.478 e. The van der Waals surface area contributed by atoms with E-state index in [0.29, 0.717) is 0 Å². The first-order valence-corrected chi connectivity index (χ1v) is 16.7. The topological polar surface area (TPSA) is 37.3 Å². The van der Waals surface area contributed by atoms with Gasteiger partial charge in [-0.15, -0.1) is 0 Å². The molecule has 0 heterocycles. The number of unbranched alkanes of at least 4 members (excludes halogenated alkanes) is 3. The number of rotatable bonds is 11. The van der Waals surface area contributed by atoms with E-state index in [4.69, 9.17) is 5.11 Å². The quantitative estimate of drug-likeness (QED) is 0.173. The normalized spacial score (nSPS) is 11.2. The maximum atomic E-state index is 10.3. The second kappa shape index (κ2) is 17.4. The standard InChI is InChI=1S/C9H7IO2.3C4H9.Sn/c10-8(6-9(11)12)7-4-2-1-3-5-7;3*1-3-4-2;/h1-6H,(H,11,12);3*1,3-4H2,2H3;/b8-6-;;;;. The molecule has 0 aliphatic rings. The largest absolute Gasteiger partial charge is 0.478 e. The Morgan fingerprint density at radius 1 is 0.960 bits per heavy atom. The summed E-state index contributed by atoms with van der Waals surface area (Å²) in [5, 5.41) is 8.46. The third-order valence-electron chi connectivity index (χ3n) is 3.95. The molecule has 1 aromatic rings. The van der Waals surface area contributed by atoms with Gasteiger partial charge in [0.15, 0.2) is 0 Å². The molecule has 0 saturated heterocycles. The van der Waals surface area contributed by atoms with Crippen molar-refractivity contribution >= 4 is 51.9 Å². The van der Waals surface area contributed by atoms with Crippen LogP contribution in [0.15, 0.2) is 36.4 Å².